The van der Waals surface area contributed by atoms with Crippen LogP contribution in [-0.4, -0.2) is 44.5 Å². The topological polar surface area (TPSA) is 58.6 Å². The number of hydrogen-bond donors (Lipinski definition) is 1. The van der Waals surface area contributed by atoms with Crippen LogP contribution in [0.5, 0.6) is 0 Å². The molecule has 1 aromatic heterocycles. The van der Waals surface area contributed by atoms with Crippen LogP contribution < -0.4 is 5.32 Å². The Hall–Kier alpha value is -2.18. The number of methoxy groups -OCH3 is 1. The third-order valence-corrected chi connectivity index (χ3v) is 4.34. The van der Waals surface area contributed by atoms with E-state index in [1.54, 1.807) is 12.1 Å². The predicted octanol–water partition coefficient (Wildman–Crippen LogP) is 2.57. The smallest absolute Gasteiger partial charge is 0.348 e. The van der Waals surface area contributed by atoms with Gasteiger partial charge in [0.05, 0.1) is 18.0 Å². The number of carbonyl (C=O) groups is 2. The van der Waals surface area contributed by atoms with Crippen LogP contribution in [0.3, 0.4) is 0 Å². The van der Waals surface area contributed by atoms with Crippen molar-refractivity contribution in [1.29, 1.82) is 0 Å². The number of nitrogens with zero attached hydrogens (tertiary/aromatic N) is 1. The Bertz CT molecular complexity index is 667. The van der Waals surface area contributed by atoms with Gasteiger partial charge < -0.3 is 15.0 Å². The summed E-state index contributed by atoms with van der Waals surface area (Å²) < 4.78 is 4.67. The fraction of sp³-hybridized carbons (Fsp3) is 0.294. The molecule has 0 aliphatic heterocycles. The largest absolute Gasteiger partial charge is 0.465 e. The summed E-state index contributed by atoms with van der Waals surface area (Å²) in [6.07, 6.45) is 0. The zero-order valence-corrected chi connectivity index (χ0v) is 14.2. The van der Waals surface area contributed by atoms with Crippen molar-refractivity contribution in [2.75, 3.05) is 27.7 Å². The first-order valence-electron chi connectivity index (χ1n) is 7.20. The van der Waals surface area contributed by atoms with E-state index in [9.17, 15) is 9.59 Å². The number of rotatable bonds is 6. The summed E-state index contributed by atoms with van der Waals surface area (Å²) in [5.41, 5.74) is 1.04. The van der Waals surface area contributed by atoms with Gasteiger partial charge in [-0.2, -0.15) is 0 Å². The molecular weight excluding hydrogens is 312 g/mol. The summed E-state index contributed by atoms with van der Waals surface area (Å²) in [5.74, 6) is -0.622. The molecule has 0 saturated carbocycles. The highest BCUT2D eigenvalue weighted by Crippen LogP contribution is 2.20. The van der Waals surface area contributed by atoms with Crippen LogP contribution in [0.4, 0.5) is 0 Å². The number of amides is 1. The third kappa shape index (κ3) is 4.64. The van der Waals surface area contributed by atoms with E-state index in [0.717, 1.165) is 16.9 Å². The molecule has 0 aliphatic rings. The monoisotopic (exact) mass is 332 g/mol. The highest BCUT2D eigenvalue weighted by molar-refractivity contribution is 7.15. The average molecular weight is 332 g/mol. The van der Waals surface area contributed by atoms with Crippen LogP contribution in [0.25, 0.3) is 0 Å². The van der Waals surface area contributed by atoms with E-state index in [1.807, 2.05) is 49.3 Å². The van der Waals surface area contributed by atoms with Crippen molar-refractivity contribution >= 4 is 23.2 Å². The molecule has 6 heteroatoms. The lowest BCUT2D eigenvalue weighted by Gasteiger charge is -2.22. The van der Waals surface area contributed by atoms with E-state index in [1.165, 1.54) is 7.11 Å². The molecule has 5 nitrogen and oxygen atoms in total. The Morgan fingerprint density at radius 1 is 1.13 bits per heavy atom. The highest BCUT2D eigenvalue weighted by Gasteiger charge is 2.19. The Morgan fingerprint density at radius 2 is 1.78 bits per heavy atom. The second-order valence-electron chi connectivity index (χ2n) is 5.35. The van der Waals surface area contributed by atoms with E-state index in [4.69, 9.17) is 0 Å². The summed E-state index contributed by atoms with van der Waals surface area (Å²) >= 11 is 1.13. The fourth-order valence-electron chi connectivity index (χ4n) is 2.18. The number of carbonyl (C=O) groups excluding carboxylic acids is 2. The van der Waals surface area contributed by atoms with E-state index in [-0.39, 0.29) is 11.9 Å². The molecule has 0 spiro atoms. The Balaban J connectivity index is 2.14. The van der Waals surface area contributed by atoms with Crippen LogP contribution >= 0.6 is 11.3 Å². The molecule has 1 amide bonds. The number of benzene rings is 1. The number of hydrogen-bond acceptors (Lipinski definition) is 5. The lowest BCUT2D eigenvalue weighted by atomic mass is 10.1. The number of thiophene rings is 1. The maximum absolute atomic E-state index is 12.5. The molecule has 1 heterocycles. The predicted molar refractivity (Wildman–Crippen MR) is 90.9 cm³/mol. The molecular formula is C17H20N2O3S. The van der Waals surface area contributed by atoms with Crippen LogP contribution in [0.1, 0.15) is 30.9 Å². The Labute approximate surface area is 139 Å². The van der Waals surface area contributed by atoms with Gasteiger partial charge in [0.25, 0.3) is 5.91 Å². The molecule has 0 aliphatic carbocycles. The van der Waals surface area contributed by atoms with Gasteiger partial charge in [0.1, 0.15) is 4.88 Å². The zero-order valence-electron chi connectivity index (χ0n) is 13.4. The van der Waals surface area contributed by atoms with E-state index >= 15 is 0 Å². The van der Waals surface area contributed by atoms with Crippen molar-refractivity contribution in [3.8, 4) is 0 Å². The lowest BCUT2D eigenvalue weighted by Crippen LogP contribution is -2.34. The lowest BCUT2D eigenvalue weighted by molar-refractivity contribution is 0.0606. The van der Waals surface area contributed by atoms with Gasteiger partial charge in [0.2, 0.25) is 0 Å². The molecule has 0 fully saturated rings. The summed E-state index contributed by atoms with van der Waals surface area (Å²) in [6, 6.07) is 12.9. The molecule has 0 saturated heterocycles. The van der Waals surface area contributed by atoms with Crippen molar-refractivity contribution in [2.45, 2.75) is 6.04 Å². The maximum atomic E-state index is 12.5. The second kappa shape index (κ2) is 7.89. The summed E-state index contributed by atoms with van der Waals surface area (Å²) in [5, 5.41) is 3.03. The first-order chi connectivity index (χ1) is 11.0. The maximum Gasteiger partial charge on any atom is 0.348 e. The number of ether oxygens (including phenoxy) is 1. The summed E-state index contributed by atoms with van der Waals surface area (Å²) in [6.45, 7) is 0.686. The van der Waals surface area contributed by atoms with Gasteiger partial charge in [-0.25, -0.2) is 4.79 Å². The summed E-state index contributed by atoms with van der Waals surface area (Å²) in [4.78, 5) is 26.9. The molecule has 1 aromatic carbocycles. The molecule has 2 aromatic rings. The average Bonchev–Trinajstić information content (AvgIpc) is 3.04. The standard InChI is InChI=1S/C17H20N2O3S/c1-19(2)11-13(12-7-5-4-6-8-12)18-16(20)14-9-10-15(23-14)17(21)22-3/h4-10,13H,11H2,1-3H3,(H,18,20)/t13-/m0/s1. The Morgan fingerprint density at radius 3 is 2.39 bits per heavy atom. The van der Waals surface area contributed by atoms with Gasteiger partial charge in [-0.15, -0.1) is 11.3 Å². The van der Waals surface area contributed by atoms with Gasteiger partial charge in [-0.3, -0.25) is 4.79 Å². The van der Waals surface area contributed by atoms with Crippen molar-refractivity contribution in [1.82, 2.24) is 10.2 Å². The van der Waals surface area contributed by atoms with Gasteiger partial charge in [-0.05, 0) is 31.8 Å². The van der Waals surface area contributed by atoms with E-state index < -0.39 is 5.97 Å². The van der Waals surface area contributed by atoms with Crippen LogP contribution in [-0.2, 0) is 4.74 Å². The number of likely N-dealkylation sites (N-methyl/N-ethyl adjacent to an activating group) is 1. The first-order valence-corrected chi connectivity index (χ1v) is 8.01. The first kappa shape index (κ1) is 17.2. The number of nitrogens with one attached hydrogen (secondary N) is 1. The zero-order chi connectivity index (χ0) is 16.8. The molecule has 0 bridgehead atoms. The fourth-order valence-corrected chi connectivity index (χ4v) is 3.01. The number of esters is 1. The normalized spacial score (nSPS) is 12.0. The molecule has 1 N–H and O–H groups in total. The van der Waals surface area contributed by atoms with Crippen LogP contribution in [0.2, 0.25) is 0 Å². The third-order valence-electron chi connectivity index (χ3n) is 3.27. The van der Waals surface area contributed by atoms with E-state index in [0.29, 0.717) is 16.3 Å². The van der Waals surface area contributed by atoms with Crippen molar-refractivity contribution in [2.24, 2.45) is 0 Å². The second-order valence-corrected chi connectivity index (χ2v) is 6.44. The molecule has 23 heavy (non-hydrogen) atoms. The van der Waals surface area contributed by atoms with Gasteiger partial charge in [-0.1, -0.05) is 30.3 Å². The van der Waals surface area contributed by atoms with E-state index in [2.05, 4.69) is 10.1 Å². The molecule has 2 rings (SSSR count). The SMILES string of the molecule is COC(=O)c1ccc(C(=O)N[C@@H](CN(C)C)c2ccccc2)s1. The minimum absolute atomic E-state index is 0.123. The minimum atomic E-state index is -0.429. The van der Waals surface area contributed by atoms with Gasteiger partial charge in [0, 0.05) is 6.54 Å². The van der Waals surface area contributed by atoms with Crippen molar-refractivity contribution < 1.29 is 14.3 Å². The summed E-state index contributed by atoms with van der Waals surface area (Å²) in [7, 11) is 5.25. The van der Waals surface area contributed by atoms with Crippen molar-refractivity contribution in [3.63, 3.8) is 0 Å². The molecule has 1 atom stereocenters. The minimum Gasteiger partial charge on any atom is -0.465 e. The molecule has 0 unspecified atom stereocenters. The van der Waals surface area contributed by atoms with Crippen LogP contribution in [0.15, 0.2) is 42.5 Å². The Kier molecular flexibility index (Phi) is 5.90. The van der Waals surface area contributed by atoms with Gasteiger partial charge >= 0.3 is 5.97 Å². The molecule has 0 radical (unpaired) electrons. The highest BCUT2D eigenvalue weighted by atomic mass is 32.1. The van der Waals surface area contributed by atoms with Crippen LogP contribution in [0, 0.1) is 0 Å². The molecule has 122 valence electrons. The quantitative estimate of drug-likeness (QED) is 0.826. The van der Waals surface area contributed by atoms with Crippen molar-refractivity contribution in [3.05, 3.63) is 57.8 Å². The van der Waals surface area contributed by atoms with Gasteiger partial charge in [0.15, 0.2) is 0 Å².